The van der Waals surface area contributed by atoms with Crippen LogP contribution in [0.4, 0.5) is 0 Å². The Hall–Kier alpha value is -2.67. The average Bonchev–Trinajstić information content (AvgIpc) is 2.43. The Morgan fingerprint density at radius 3 is 2.65 bits per heavy atom. The van der Waals surface area contributed by atoms with Gasteiger partial charge in [0.05, 0.1) is 12.1 Å². The number of hydrogen-bond acceptors (Lipinski definition) is 5. The summed E-state index contributed by atoms with van der Waals surface area (Å²) in [6, 6.07) is 6.78. The van der Waals surface area contributed by atoms with Crippen LogP contribution in [0.25, 0.3) is 10.9 Å². The molecule has 2 rings (SSSR count). The highest BCUT2D eigenvalue weighted by atomic mass is 16.4. The van der Waals surface area contributed by atoms with E-state index in [2.05, 4.69) is 10.3 Å². The zero-order valence-corrected chi connectivity index (χ0v) is 10.3. The molecule has 1 heterocycles. The molecule has 0 aliphatic rings. The summed E-state index contributed by atoms with van der Waals surface area (Å²) >= 11 is 0. The van der Waals surface area contributed by atoms with E-state index >= 15 is 0 Å². The summed E-state index contributed by atoms with van der Waals surface area (Å²) in [6.07, 6.45) is 0. The first-order valence-electron chi connectivity index (χ1n) is 5.76. The second-order valence-corrected chi connectivity index (χ2v) is 4.10. The third kappa shape index (κ3) is 2.67. The van der Waals surface area contributed by atoms with Gasteiger partial charge in [-0.1, -0.05) is 18.2 Å². The molecule has 0 spiro atoms. The lowest BCUT2D eigenvalue weighted by molar-refractivity contribution is -0.140. The molecule has 20 heavy (non-hydrogen) atoms. The molecule has 1 aromatic carbocycles. The van der Waals surface area contributed by atoms with Crippen molar-refractivity contribution in [3.8, 4) is 5.75 Å². The van der Waals surface area contributed by atoms with E-state index in [1.807, 2.05) is 0 Å². The predicted octanol–water partition coefficient (Wildman–Crippen LogP) is 0.116. The Labute approximate surface area is 113 Å². The first-order chi connectivity index (χ1) is 9.52. The minimum atomic E-state index is -1.45. The van der Waals surface area contributed by atoms with Crippen molar-refractivity contribution >= 4 is 22.8 Å². The number of aliphatic hydroxyl groups excluding tert-OH is 1. The lowest BCUT2D eigenvalue weighted by atomic mass is 10.2. The lowest BCUT2D eigenvalue weighted by Gasteiger charge is -2.12. The number of hydrogen-bond donors (Lipinski definition) is 4. The number of pyridine rings is 1. The SMILES string of the molecule is O=C(N[C@@H](CO)C(=O)O)c1nc2ccccc2cc1O. The summed E-state index contributed by atoms with van der Waals surface area (Å²) in [5, 5.41) is 30.1. The molecule has 0 aliphatic carbocycles. The van der Waals surface area contributed by atoms with Gasteiger partial charge in [-0.25, -0.2) is 9.78 Å². The van der Waals surface area contributed by atoms with Crippen molar-refractivity contribution in [1.82, 2.24) is 10.3 Å². The van der Waals surface area contributed by atoms with Gasteiger partial charge in [-0.15, -0.1) is 0 Å². The van der Waals surface area contributed by atoms with Crippen LogP contribution in [0.1, 0.15) is 10.5 Å². The Morgan fingerprint density at radius 1 is 1.30 bits per heavy atom. The number of aliphatic hydroxyl groups is 1. The molecule has 1 amide bonds. The van der Waals surface area contributed by atoms with Gasteiger partial charge in [0, 0.05) is 5.39 Å². The summed E-state index contributed by atoms with van der Waals surface area (Å²) in [5.41, 5.74) is 0.203. The van der Waals surface area contributed by atoms with Gasteiger partial charge in [-0.3, -0.25) is 4.79 Å². The van der Waals surface area contributed by atoms with Crippen LogP contribution >= 0.6 is 0 Å². The van der Waals surface area contributed by atoms with Crippen LogP contribution in [0.2, 0.25) is 0 Å². The molecule has 4 N–H and O–H groups in total. The van der Waals surface area contributed by atoms with Gasteiger partial charge in [0.2, 0.25) is 0 Å². The molecule has 0 radical (unpaired) electrons. The van der Waals surface area contributed by atoms with E-state index < -0.39 is 24.5 Å². The largest absolute Gasteiger partial charge is 0.505 e. The maximum Gasteiger partial charge on any atom is 0.328 e. The Kier molecular flexibility index (Phi) is 3.81. The van der Waals surface area contributed by atoms with Crippen molar-refractivity contribution in [3.05, 3.63) is 36.0 Å². The number of nitrogens with one attached hydrogen (secondary N) is 1. The van der Waals surface area contributed by atoms with Crippen LogP contribution < -0.4 is 5.32 Å². The van der Waals surface area contributed by atoms with Crippen LogP contribution in [0.3, 0.4) is 0 Å². The minimum absolute atomic E-state index is 0.289. The van der Waals surface area contributed by atoms with Gasteiger partial charge in [-0.05, 0) is 12.1 Å². The van der Waals surface area contributed by atoms with Crippen LogP contribution in [-0.2, 0) is 4.79 Å². The van der Waals surface area contributed by atoms with Crippen molar-refractivity contribution < 1.29 is 24.9 Å². The fourth-order valence-electron chi connectivity index (χ4n) is 1.68. The number of carboxylic acid groups (broad SMARTS) is 1. The number of aliphatic carboxylic acids is 1. The maximum atomic E-state index is 11.9. The third-order valence-electron chi connectivity index (χ3n) is 2.70. The molecule has 1 aromatic heterocycles. The molecule has 7 heteroatoms. The van der Waals surface area contributed by atoms with E-state index in [0.29, 0.717) is 10.9 Å². The number of amides is 1. The lowest BCUT2D eigenvalue weighted by Crippen LogP contribution is -2.43. The summed E-state index contributed by atoms with van der Waals surface area (Å²) in [7, 11) is 0. The van der Waals surface area contributed by atoms with E-state index in [4.69, 9.17) is 10.2 Å². The van der Waals surface area contributed by atoms with Gasteiger partial charge in [0.15, 0.2) is 11.7 Å². The topological polar surface area (TPSA) is 120 Å². The molecule has 0 saturated heterocycles. The van der Waals surface area contributed by atoms with Gasteiger partial charge in [0.25, 0.3) is 5.91 Å². The van der Waals surface area contributed by atoms with E-state index in [-0.39, 0.29) is 11.4 Å². The highest BCUT2D eigenvalue weighted by molar-refractivity contribution is 5.99. The molecular formula is C13H12N2O5. The first kappa shape index (κ1) is 13.8. The zero-order chi connectivity index (χ0) is 14.7. The van der Waals surface area contributed by atoms with Crippen LogP contribution in [0.15, 0.2) is 30.3 Å². The maximum absolute atomic E-state index is 11.9. The fraction of sp³-hybridized carbons (Fsp3) is 0.154. The molecular weight excluding hydrogens is 264 g/mol. The summed E-state index contributed by atoms with van der Waals surface area (Å²) in [5.74, 6) is -2.60. The molecule has 0 aliphatic heterocycles. The summed E-state index contributed by atoms with van der Waals surface area (Å²) < 4.78 is 0. The second-order valence-electron chi connectivity index (χ2n) is 4.10. The van der Waals surface area contributed by atoms with Crippen molar-refractivity contribution in [1.29, 1.82) is 0 Å². The number of carbonyl (C=O) groups excluding carboxylic acids is 1. The molecule has 1 atom stereocenters. The number of benzene rings is 1. The molecule has 7 nitrogen and oxygen atoms in total. The average molecular weight is 276 g/mol. The standard InChI is InChI=1S/C13H12N2O5/c16-6-9(13(19)20)15-12(18)11-10(17)5-7-3-1-2-4-8(7)14-11/h1-5,9,16-17H,6H2,(H,15,18)(H,19,20)/t9-/m0/s1. The highest BCUT2D eigenvalue weighted by Crippen LogP contribution is 2.21. The normalized spacial score (nSPS) is 12.1. The molecule has 2 aromatic rings. The Morgan fingerprint density at radius 2 is 2.00 bits per heavy atom. The Balaban J connectivity index is 2.34. The highest BCUT2D eigenvalue weighted by Gasteiger charge is 2.22. The fourth-order valence-corrected chi connectivity index (χ4v) is 1.68. The molecule has 0 fully saturated rings. The van der Waals surface area contributed by atoms with Gasteiger partial charge in [-0.2, -0.15) is 0 Å². The number of carboxylic acids is 1. The van der Waals surface area contributed by atoms with Crippen molar-refractivity contribution in [2.45, 2.75) is 6.04 Å². The van der Waals surface area contributed by atoms with Crippen LogP contribution in [0, 0.1) is 0 Å². The molecule has 0 unspecified atom stereocenters. The minimum Gasteiger partial charge on any atom is -0.505 e. The van der Waals surface area contributed by atoms with Crippen LogP contribution in [0.5, 0.6) is 5.75 Å². The zero-order valence-electron chi connectivity index (χ0n) is 10.3. The molecule has 0 saturated carbocycles. The van der Waals surface area contributed by atoms with E-state index in [0.717, 1.165) is 0 Å². The van der Waals surface area contributed by atoms with E-state index in [1.54, 1.807) is 24.3 Å². The Bertz CT molecular complexity index is 671. The predicted molar refractivity (Wildman–Crippen MR) is 69.4 cm³/mol. The van der Waals surface area contributed by atoms with E-state index in [1.165, 1.54) is 6.07 Å². The number of aromatic nitrogens is 1. The number of carbonyl (C=O) groups is 2. The van der Waals surface area contributed by atoms with Gasteiger partial charge in [0.1, 0.15) is 5.75 Å². The number of aromatic hydroxyl groups is 1. The van der Waals surface area contributed by atoms with Gasteiger partial charge >= 0.3 is 5.97 Å². The number of nitrogens with zero attached hydrogens (tertiary/aromatic N) is 1. The molecule has 0 bridgehead atoms. The van der Waals surface area contributed by atoms with E-state index in [9.17, 15) is 14.7 Å². The van der Waals surface area contributed by atoms with Gasteiger partial charge < -0.3 is 20.6 Å². The number of rotatable bonds is 4. The smallest absolute Gasteiger partial charge is 0.328 e. The third-order valence-corrected chi connectivity index (χ3v) is 2.70. The second kappa shape index (κ2) is 5.54. The molecule has 104 valence electrons. The number of para-hydroxylation sites is 1. The quantitative estimate of drug-likeness (QED) is 0.629. The van der Waals surface area contributed by atoms with Crippen molar-refractivity contribution in [3.63, 3.8) is 0 Å². The van der Waals surface area contributed by atoms with Crippen LogP contribution in [-0.4, -0.2) is 44.8 Å². The monoisotopic (exact) mass is 276 g/mol. The first-order valence-corrected chi connectivity index (χ1v) is 5.76. The number of fused-ring (bicyclic) bond motifs is 1. The van der Waals surface area contributed by atoms with Crippen molar-refractivity contribution in [2.75, 3.05) is 6.61 Å². The van der Waals surface area contributed by atoms with Crippen molar-refractivity contribution in [2.24, 2.45) is 0 Å². The summed E-state index contributed by atoms with van der Waals surface area (Å²) in [6.45, 7) is -0.755. The summed E-state index contributed by atoms with van der Waals surface area (Å²) in [4.78, 5) is 26.6.